The molecule has 30 heavy (non-hydrogen) atoms. The van der Waals surface area contributed by atoms with Gasteiger partial charge in [0.1, 0.15) is 18.9 Å². The van der Waals surface area contributed by atoms with Crippen LogP contribution in [0.25, 0.3) is 0 Å². The van der Waals surface area contributed by atoms with Gasteiger partial charge in [-0.3, -0.25) is 19.1 Å². The Kier molecular flexibility index (Phi) is 10.3. The average molecular weight is 425 g/mol. The van der Waals surface area contributed by atoms with Crippen LogP contribution < -0.4 is 11.2 Å². The number of aliphatic hydroxyl groups excluding tert-OH is 1. The summed E-state index contributed by atoms with van der Waals surface area (Å²) in [7, 11) is 0. The number of carbonyl (C=O) groups is 1. The van der Waals surface area contributed by atoms with Gasteiger partial charge in [-0.1, -0.05) is 58.3 Å². The first-order valence-corrected chi connectivity index (χ1v) is 11.2. The molecular weight excluding hydrogens is 388 g/mol. The Morgan fingerprint density at radius 3 is 2.47 bits per heavy atom. The summed E-state index contributed by atoms with van der Waals surface area (Å²) >= 11 is 0. The van der Waals surface area contributed by atoms with Crippen molar-refractivity contribution in [3.8, 4) is 0 Å². The Morgan fingerprint density at radius 2 is 1.80 bits per heavy atom. The van der Waals surface area contributed by atoms with E-state index in [-0.39, 0.29) is 19.0 Å². The number of unbranched alkanes of at least 4 members (excludes halogenated alkanes) is 8. The SMILES string of the molecule is CCCCCCCCCCCC(=O)OC[C@H]1O[C@@H](n2cc(C)c(=O)[nH]c2=O)C[C@@H]1O. The van der Waals surface area contributed by atoms with Gasteiger partial charge in [0.15, 0.2) is 0 Å². The number of hydrogen-bond donors (Lipinski definition) is 2. The van der Waals surface area contributed by atoms with Crippen LogP contribution in [-0.4, -0.2) is 39.4 Å². The van der Waals surface area contributed by atoms with Gasteiger partial charge in [-0.05, 0) is 13.3 Å². The smallest absolute Gasteiger partial charge is 0.330 e. The van der Waals surface area contributed by atoms with Crippen LogP contribution in [0, 0.1) is 6.92 Å². The molecule has 1 aromatic heterocycles. The molecule has 8 heteroatoms. The first-order chi connectivity index (χ1) is 14.4. The number of esters is 1. The molecule has 2 N–H and O–H groups in total. The third-order valence-electron chi connectivity index (χ3n) is 5.55. The Hall–Kier alpha value is -1.93. The fraction of sp³-hybridized carbons (Fsp3) is 0.773. The van der Waals surface area contributed by atoms with Crippen LogP contribution in [0.1, 0.15) is 89.3 Å². The van der Waals surface area contributed by atoms with E-state index in [1.54, 1.807) is 6.92 Å². The van der Waals surface area contributed by atoms with E-state index in [0.29, 0.717) is 12.0 Å². The molecule has 0 unspecified atom stereocenters. The number of H-pyrrole nitrogens is 1. The van der Waals surface area contributed by atoms with Gasteiger partial charge < -0.3 is 14.6 Å². The van der Waals surface area contributed by atoms with Crippen molar-refractivity contribution in [2.75, 3.05) is 6.61 Å². The van der Waals surface area contributed by atoms with Crippen LogP contribution in [0.5, 0.6) is 0 Å². The minimum atomic E-state index is -0.852. The zero-order valence-electron chi connectivity index (χ0n) is 18.2. The Balaban J connectivity index is 1.64. The number of aromatic nitrogens is 2. The van der Waals surface area contributed by atoms with Crippen molar-refractivity contribution < 1.29 is 19.4 Å². The van der Waals surface area contributed by atoms with Crippen molar-refractivity contribution in [3.05, 3.63) is 32.6 Å². The second-order valence-electron chi connectivity index (χ2n) is 8.17. The molecule has 0 aliphatic carbocycles. The monoisotopic (exact) mass is 424 g/mol. The number of aromatic amines is 1. The molecule has 2 rings (SSSR count). The van der Waals surface area contributed by atoms with E-state index in [2.05, 4.69) is 11.9 Å². The molecule has 0 saturated carbocycles. The third-order valence-corrected chi connectivity index (χ3v) is 5.55. The van der Waals surface area contributed by atoms with Crippen molar-refractivity contribution >= 4 is 5.97 Å². The molecule has 0 radical (unpaired) electrons. The molecule has 8 nitrogen and oxygen atoms in total. The van der Waals surface area contributed by atoms with E-state index in [9.17, 15) is 19.5 Å². The molecule has 1 saturated heterocycles. The lowest BCUT2D eigenvalue weighted by molar-refractivity contribution is -0.150. The summed E-state index contributed by atoms with van der Waals surface area (Å²) in [6.45, 7) is 3.75. The van der Waals surface area contributed by atoms with Crippen LogP contribution in [0.4, 0.5) is 0 Å². The minimum Gasteiger partial charge on any atom is -0.463 e. The number of carbonyl (C=O) groups excluding carboxylic acids is 1. The Bertz CT molecular complexity index is 772. The molecule has 0 spiro atoms. The molecule has 0 bridgehead atoms. The van der Waals surface area contributed by atoms with Gasteiger partial charge in [0.25, 0.3) is 5.56 Å². The number of ether oxygens (including phenoxy) is 2. The van der Waals surface area contributed by atoms with Gasteiger partial charge in [0.05, 0.1) is 6.10 Å². The lowest BCUT2D eigenvalue weighted by Gasteiger charge is -2.16. The molecule has 1 aromatic rings. The second kappa shape index (κ2) is 12.7. The normalized spacial score (nSPS) is 21.1. The summed E-state index contributed by atoms with van der Waals surface area (Å²) in [5, 5.41) is 10.2. The number of nitrogens with one attached hydrogen (secondary N) is 1. The maximum atomic E-state index is 12.0. The van der Waals surface area contributed by atoms with Crippen molar-refractivity contribution in [2.24, 2.45) is 0 Å². The Labute approximate surface area is 177 Å². The number of rotatable bonds is 13. The molecule has 170 valence electrons. The van der Waals surface area contributed by atoms with E-state index in [4.69, 9.17) is 9.47 Å². The van der Waals surface area contributed by atoms with Gasteiger partial charge >= 0.3 is 11.7 Å². The van der Waals surface area contributed by atoms with Gasteiger partial charge in [0, 0.05) is 24.6 Å². The topological polar surface area (TPSA) is 111 Å². The number of aryl methyl sites for hydroxylation is 1. The highest BCUT2D eigenvalue weighted by atomic mass is 16.6. The summed E-state index contributed by atoms with van der Waals surface area (Å²) in [5.41, 5.74) is -0.661. The van der Waals surface area contributed by atoms with E-state index < -0.39 is 29.7 Å². The quantitative estimate of drug-likeness (QED) is 0.372. The standard InChI is InChI=1S/C22H36N2O6/c1-3-4-5-6-7-8-9-10-11-12-20(26)29-15-18-17(25)13-19(30-18)24-14-16(2)21(27)23-22(24)28/h14,17-19,25H,3-13,15H2,1-2H3,(H,23,27,28)/t17-,18+,19+/m0/s1. The highest BCUT2D eigenvalue weighted by Gasteiger charge is 2.36. The van der Waals surface area contributed by atoms with Crippen molar-refractivity contribution in [2.45, 2.75) is 103 Å². The average Bonchev–Trinajstić information content (AvgIpc) is 3.08. The minimum absolute atomic E-state index is 0.0506. The Morgan fingerprint density at radius 1 is 1.17 bits per heavy atom. The highest BCUT2D eigenvalue weighted by molar-refractivity contribution is 5.69. The van der Waals surface area contributed by atoms with Crippen LogP contribution in [-0.2, 0) is 14.3 Å². The van der Waals surface area contributed by atoms with Crippen LogP contribution in [0.15, 0.2) is 15.8 Å². The van der Waals surface area contributed by atoms with Crippen molar-refractivity contribution in [1.82, 2.24) is 9.55 Å². The highest BCUT2D eigenvalue weighted by Crippen LogP contribution is 2.27. The van der Waals surface area contributed by atoms with Crippen molar-refractivity contribution in [3.63, 3.8) is 0 Å². The van der Waals surface area contributed by atoms with Gasteiger partial charge in [-0.25, -0.2) is 4.79 Å². The van der Waals surface area contributed by atoms with Gasteiger partial charge in [-0.2, -0.15) is 0 Å². The fourth-order valence-electron chi connectivity index (χ4n) is 3.66. The summed E-state index contributed by atoms with van der Waals surface area (Å²) in [5.74, 6) is -0.297. The van der Waals surface area contributed by atoms with Gasteiger partial charge in [0.2, 0.25) is 0 Å². The lowest BCUT2D eigenvalue weighted by atomic mass is 10.1. The molecule has 0 aromatic carbocycles. The second-order valence-corrected chi connectivity index (χ2v) is 8.17. The zero-order valence-corrected chi connectivity index (χ0v) is 18.2. The molecule has 1 fully saturated rings. The third kappa shape index (κ3) is 7.72. The van der Waals surface area contributed by atoms with Crippen LogP contribution in [0.3, 0.4) is 0 Å². The molecule has 2 heterocycles. The maximum absolute atomic E-state index is 12.0. The molecule has 1 aliphatic heterocycles. The van der Waals surface area contributed by atoms with Crippen LogP contribution in [0.2, 0.25) is 0 Å². The summed E-state index contributed by atoms with van der Waals surface area (Å²) in [4.78, 5) is 37.6. The maximum Gasteiger partial charge on any atom is 0.330 e. The van der Waals surface area contributed by atoms with Crippen LogP contribution >= 0.6 is 0 Å². The first-order valence-electron chi connectivity index (χ1n) is 11.2. The largest absolute Gasteiger partial charge is 0.463 e. The summed E-state index contributed by atoms with van der Waals surface area (Å²) < 4.78 is 12.2. The molecular formula is C22H36N2O6. The molecule has 0 amide bonds. The van der Waals surface area contributed by atoms with E-state index in [0.717, 1.165) is 19.3 Å². The van der Waals surface area contributed by atoms with Gasteiger partial charge in [-0.15, -0.1) is 0 Å². The fourth-order valence-corrected chi connectivity index (χ4v) is 3.66. The molecule has 1 aliphatic rings. The predicted octanol–water partition coefficient (Wildman–Crippen LogP) is 2.96. The first kappa shape index (κ1) is 24.3. The predicted molar refractivity (Wildman–Crippen MR) is 113 cm³/mol. The lowest BCUT2D eigenvalue weighted by Crippen LogP contribution is -2.33. The molecule has 3 atom stereocenters. The number of hydrogen-bond acceptors (Lipinski definition) is 6. The van der Waals surface area contributed by atoms with E-state index in [1.807, 2.05) is 0 Å². The number of aliphatic hydroxyl groups is 1. The summed E-state index contributed by atoms with van der Waals surface area (Å²) in [6.07, 6.45) is 10.3. The van der Waals surface area contributed by atoms with E-state index >= 15 is 0 Å². The summed E-state index contributed by atoms with van der Waals surface area (Å²) in [6, 6.07) is 0. The zero-order chi connectivity index (χ0) is 21.9. The number of nitrogens with zero attached hydrogens (tertiary/aromatic N) is 1. The van der Waals surface area contributed by atoms with E-state index in [1.165, 1.54) is 49.3 Å². The van der Waals surface area contributed by atoms with Crippen molar-refractivity contribution in [1.29, 1.82) is 0 Å².